The molecule has 0 N–H and O–H groups in total. The molecule has 2 aliphatic rings. The van der Waals surface area contributed by atoms with Gasteiger partial charge in [0.05, 0.1) is 27.5 Å². The largest absolute Gasteiger partial charge is 0.309 e. The van der Waals surface area contributed by atoms with Gasteiger partial charge in [-0.05, 0) is 151 Å². The van der Waals surface area contributed by atoms with Crippen molar-refractivity contribution in [2.24, 2.45) is 0 Å². The van der Waals surface area contributed by atoms with Crippen molar-refractivity contribution < 1.29 is 0 Å². The lowest BCUT2D eigenvalue weighted by Gasteiger charge is -2.31. The van der Waals surface area contributed by atoms with Gasteiger partial charge in [0.2, 0.25) is 0 Å². The van der Waals surface area contributed by atoms with Gasteiger partial charge in [-0.2, -0.15) is 0 Å². The Balaban J connectivity index is 0.962. The number of hydrogen-bond acceptors (Lipinski definition) is 0. The molecule has 0 fully saturated rings. The van der Waals surface area contributed by atoms with Crippen LogP contribution in [0.25, 0.3) is 111 Å². The molecular formula is C67H42N2. The summed E-state index contributed by atoms with van der Waals surface area (Å²) in [5, 5.41) is 5.00. The smallest absolute Gasteiger partial charge is 0.0726 e. The van der Waals surface area contributed by atoms with Crippen LogP contribution in [0.3, 0.4) is 0 Å². The van der Waals surface area contributed by atoms with Gasteiger partial charge in [0.1, 0.15) is 0 Å². The maximum Gasteiger partial charge on any atom is 0.0726 e. The zero-order valence-corrected chi connectivity index (χ0v) is 37.6. The van der Waals surface area contributed by atoms with E-state index in [0.29, 0.717) is 0 Å². The molecule has 0 bridgehead atoms. The number of rotatable bonds is 5. The lowest BCUT2D eigenvalue weighted by molar-refractivity contribution is 0.793. The molecule has 69 heavy (non-hydrogen) atoms. The lowest BCUT2D eigenvalue weighted by Crippen LogP contribution is -2.26. The van der Waals surface area contributed by atoms with Gasteiger partial charge in [-0.15, -0.1) is 0 Å². The molecule has 0 atom stereocenters. The summed E-state index contributed by atoms with van der Waals surface area (Å²) in [5.41, 5.74) is 24.4. The number of hydrogen-bond donors (Lipinski definition) is 0. The number of para-hydroxylation sites is 2. The zero-order valence-electron chi connectivity index (χ0n) is 37.6. The zero-order chi connectivity index (χ0) is 45.2. The minimum Gasteiger partial charge on any atom is -0.309 e. The molecule has 15 rings (SSSR count). The van der Waals surface area contributed by atoms with Crippen LogP contribution in [-0.2, 0) is 5.41 Å². The highest BCUT2D eigenvalue weighted by molar-refractivity contribution is 6.13. The standard InChI is InChI=1S/C67H42N2/c1-4-16-43(17-5-1)45-29-35-65-57(38-45)58-39-46(44-18-6-2-7-19-44)30-36-66(58)69(65)50-32-34-54-53-33-28-48(41-61(53)67(62(54)42-50)59-25-13-10-22-51(59)52-23-11-14-26-60(52)67)47-31-37-64-56(40-47)55-24-12-15-27-63(55)68(64)49-20-8-3-9-21-49/h1-42H. The van der Waals surface area contributed by atoms with E-state index in [2.05, 4.69) is 264 Å². The monoisotopic (exact) mass is 874 g/mol. The minimum atomic E-state index is -0.531. The number of nitrogens with zero attached hydrogens (tertiary/aromatic N) is 2. The first-order valence-corrected chi connectivity index (χ1v) is 24.0. The molecule has 320 valence electrons. The van der Waals surface area contributed by atoms with Crippen molar-refractivity contribution in [1.29, 1.82) is 0 Å². The first-order chi connectivity index (χ1) is 34.2. The molecule has 0 saturated carbocycles. The van der Waals surface area contributed by atoms with E-state index in [0.717, 1.165) is 5.69 Å². The second-order valence-electron chi connectivity index (χ2n) is 18.8. The van der Waals surface area contributed by atoms with E-state index in [9.17, 15) is 0 Å². The normalized spacial score (nSPS) is 13.0. The molecule has 2 aliphatic carbocycles. The molecule has 0 amide bonds. The van der Waals surface area contributed by atoms with Crippen molar-refractivity contribution >= 4 is 43.6 Å². The summed E-state index contributed by atoms with van der Waals surface area (Å²) in [5.74, 6) is 0. The Morgan fingerprint density at radius 1 is 0.217 bits per heavy atom. The molecule has 2 heteroatoms. The van der Waals surface area contributed by atoms with Crippen LogP contribution in [0.15, 0.2) is 255 Å². The Morgan fingerprint density at radius 3 is 1.20 bits per heavy atom. The van der Waals surface area contributed by atoms with Crippen LogP contribution in [0.5, 0.6) is 0 Å². The van der Waals surface area contributed by atoms with Crippen LogP contribution in [0.1, 0.15) is 22.3 Å². The van der Waals surface area contributed by atoms with E-state index >= 15 is 0 Å². The van der Waals surface area contributed by atoms with Gasteiger partial charge < -0.3 is 9.13 Å². The molecule has 0 aliphatic heterocycles. The van der Waals surface area contributed by atoms with Crippen LogP contribution < -0.4 is 0 Å². The number of aromatic nitrogens is 2. The van der Waals surface area contributed by atoms with Gasteiger partial charge >= 0.3 is 0 Å². The van der Waals surface area contributed by atoms with Gasteiger partial charge in [-0.1, -0.05) is 182 Å². The third kappa shape index (κ3) is 5.37. The van der Waals surface area contributed by atoms with Crippen molar-refractivity contribution in [3.63, 3.8) is 0 Å². The predicted octanol–water partition coefficient (Wildman–Crippen LogP) is 17.2. The third-order valence-electron chi connectivity index (χ3n) is 15.3. The molecule has 2 heterocycles. The van der Waals surface area contributed by atoms with Crippen LogP contribution in [0, 0.1) is 0 Å². The number of benzene rings is 11. The van der Waals surface area contributed by atoms with Crippen molar-refractivity contribution in [3.8, 4) is 67.0 Å². The molecule has 13 aromatic rings. The molecule has 0 saturated heterocycles. The average Bonchev–Trinajstić information content (AvgIpc) is 4.12. The van der Waals surface area contributed by atoms with Gasteiger partial charge in [-0.3, -0.25) is 0 Å². The lowest BCUT2D eigenvalue weighted by atomic mass is 9.70. The minimum absolute atomic E-state index is 0.531. The first kappa shape index (κ1) is 38.2. The van der Waals surface area contributed by atoms with Gasteiger partial charge in [0, 0.05) is 32.9 Å². The highest BCUT2D eigenvalue weighted by Gasteiger charge is 2.52. The van der Waals surface area contributed by atoms with Crippen molar-refractivity contribution in [3.05, 3.63) is 277 Å². The van der Waals surface area contributed by atoms with Crippen LogP contribution >= 0.6 is 0 Å². The highest BCUT2D eigenvalue weighted by atomic mass is 15.0. The third-order valence-corrected chi connectivity index (χ3v) is 15.3. The first-order valence-electron chi connectivity index (χ1n) is 24.0. The van der Waals surface area contributed by atoms with Crippen molar-refractivity contribution in [1.82, 2.24) is 9.13 Å². The summed E-state index contributed by atoms with van der Waals surface area (Å²) in [6, 6.07) is 95.0. The fourth-order valence-electron chi connectivity index (χ4n) is 12.4. The summed E-state index contributed by atoms with van der Waals surface area (Å²) < 4.78 is 4.90. The predicted molar refractivity (Wildman–Crippen MR) is 288 cm³/mol. The van der Waals surface area contributed by atoms with E-state index in [-0.39, 0.29) is 0 Å². The van der Waals surface area contributed by atoms with Crippen LogP contribution in [-0.4, -0.2) is 9.13 Å². The van der Waals surface area contributed by atoms with Crippen molar-refractivity contribution in [2.75, 3.05) is 0 Å². The molecule has 2 aromatic heterocycles. The summed E-state index contributed by atoms with van der Waals surface area (Å²) in [4.78, 5) is 0. The summed E-state index contributed by atoms with van der Waals surface area (Å²) in [6.45, 7) is 0. The highest BCUT2D eigenvalue weighted by Crippen LogP contribution is 2.63. The van der Waals surface area contributed by atoms with E-state index < -0.39 is 5.41 Å². The fourth-order valence-corrected chi connectivity index (χ4v) is 12.4. The summed E-state index contributed by atoms with van der Waals surface area (Å²) in [6.07, 6.45) is 0. The van der Waals surface area contributed by atoms with E-state index in [1.165, 1.54) is 127 Å². The average molecular weight is 875 g/mol. The molecule has 0 unspecified atom stereocenters. The molecule has 1 spiro atoms. The number of fused-ring (bicyclic) bond motifs is 16. The Morgan fingerprint density at radius 2 is 0.609 bits per heavy atom. The fraction of sp³-hybridized carbons (Fsp3) is 0.0149. The maximum atomic E-state index is 2.52. The van der Waals surface area contributed by atoms with E-state index in [4.69, 9.17) is 0 Å². The Bertz CT molecular complexity index is 4090. The Hall–Kier alpha value is -8.98. The van der Waals surface area contributed by atoms with E-state index in [1.54, 1.807) is 0 Å². The van der Waals surface area contributed by atoms with Crippen LogP contribution in [0.4, 0.5) is 0 Å². The van der Waals surface area contributed by atoms with E-state index in [1.807, 2.05) is 0 Å². The topological polar surface area (TPSA) is 9.86 Å². The van der Waals surface area contributed by atoms with Crippen LogP contribution in [0.2, 0.25) is 0 Å². The second-order valence-corrected chi connectivity index (χ2v) is 18.8. The Kier molecular flexibility index (Phi) is 8.02. The van der Waals surface area contributed by atoms with Crippen molar-refractivity contribution in [2.45, 2.75) is 5.41 Å². The molecular weight excluding hydrogens is 833 g/mol. The molecule has 0 radical (unpaired) electrons. The quantitative estimate of drug-likeness (QED) is 0.163. The second kappa shape index (κ2) is 14.5. The molecule has 2 nitrogen and oxygen atoms in total. The summed E-state index contributed by atoms with van der Waals surface area (Å²) >= 11 is 0. The maximum absolute atomic E-state index is 2.52. The van der Waals surface area contributed by atoms with Gasteiger partial charge in [-0.25, -0.2) is 0 Å². The summed E-state index contributed by atoms with van der Waals surface area (Å²) in [7, 11) is 0. The van der Waals surface area contributed by atoms with Gasteiger partial charge in [0.25, 0.3) is 0 Å². The molecule has 11 aromatic carbocycles. The SMILES string of the molecule is c1ccc(-c2ccc3c(c2)c2cc(-c4ccccc4)ccc2n3-c2ccc3c(c2)C2(c4ccccc4-c4ccccc42)c2cc(-c4ccc5c(c4)c4ccccc4n5-c4ccccc4)ccc2-3)cc1. The Labute approximate surface area is 400 Å². The van der Waals surface area contributed by atoms with Gasteiger partial charge in [0.15, 0.2) is 0 Å².